The first-order chi connectivity index (χ1) is 12.9. The van der Waals surface area contributed by atoms with Crippen molar-refractivity contribution < 1.29 is 23.9 Å². The van der Waals surface area contributed by atoms with Gasteiger partial charge in [-0.1, -0.05) is 12.1 Å². The molecule has 1 unspecified atom stereocenters. The van der Waals surface area contributed by atoms with Crippen molar-refractivity contribution in [1.29, 1.82) is 0 Å². The summed E-state index contributed by atoms with van der Waals surface area (Å²) in [5, 5.41) is 12.2. The summed E-state index contributed by atoms with van der Waals surface area (Å²) in [5.41, 5.74) is 0.658. The van der Waals surface area contributed by atoms with E-state index in [0.717, 1.165) is 4.90 Å². The molecule has 1 fully saturated rings. The minimum Gasteiger partial charge on any atom is -0.393 e. The second-order valence-electron chi connectivity index (χ2n) is 6.62. The number of rotatable bonds is 3. The van der Waals surface area contributed by atoms with Gasteiger partial charge in [-0.15, -0.1) is 0 Å². The Bertz CT molecular complexity index is 772. The van der Waals surface area contributed by atoms with Crippen molar-refractivity contribution in [2.24, 2.45) is 4.99 Å². The molecule has 1 aromatic rings. The van der Waals surface area contributed by atoms with Crippen LogP contribution in [0.2, 0.25) is 0 Å². The zero-order chi connectivity index (χ0) is 19.6. The number of guanidine groups is 1. The van der Waals surface area contributed by atoms with Gasteiger partial charge in [0, 0.05) is 26.7 Å². The number of hydrogen-bond acceptors (Lipinski definition) is 6. The second kappa shape index (κ2) is 7.83. The Morgan fingerprint density at radius 3 is 2.52 bits per heavy atom. The minimum atomic E-state index is -1.45. The predicted octanol–water partition coefficient (Wildman–Crippen LogP) is -0.336. The first-order valence-corrected chi connectivity index (χ1v) is 8.71. The van der Waals surface area contributed by atoms with Crippen LogP contribution in [0.15, 0.2) is 29.3 Å². The summed E-state index contributed by atoms with van der Waals surface area (Å²) in [6.45, 7) is 1.05. The van der Waals surface area contributed by atoms with Crippen LogP contribution in [0.1, 0.15) is 18.4 Å². The molecule has 0 saturated carbocycles. The minimum absolute atomic E-state index is 0.0910. The molecule has 2 aliphatic rings. The third-order valence-corrected chi connectivity index (χ3v) is 4.68. The first kappa shape index (κ1) is 19.0. The number of nitrogens with zero attached hydrogens (tertiary/aromatic N) is 3. The van der Waals surface area contributed by atoms with Gasteiger partial charge in [0.05, 0.1) is 6.10 Å². The molecule has 2 N–H and O–H groups in total. The molecule has 144 valence electrons. The number of amides is 2. The zero-order valence-corrected chi connectivity index (χ0v) is 14.9. The molecule has 3 rings (SSSR count). The van der Waals surface area contributed by atoms with E-state index in [1.807, 2.05) is 0 Å². The number of halogens is 1. The number of hydrogen-bond donors (Lipinski definition) is 2. The van der Waals surface area contributed by atoms with E-state index < -0.39 is 29.7 Å². The van der Waals surface area contributed by atoms with E-state index in [-0.39, 0.29) is 18.3 Å². The standard InChI is InChI=1S/C18H21FN4O4/c1-22-17(27)15(25)14(21-18(22)23-8-6-13(24)7-9-23)16(26)20-10-11-2-4-12(19)5-3-11/h2-5,13-14,24H,6-10H2,1H3,(H,20,26). The topological polar surface area (TPSA) is 102 Å². The molecule has 2 heterocycles. The highest BCUT2D eigenvalue weighted by molar-refractivity contribution is 6.45. The van der Waals surface area contributed by atoms with Gasteiger partial charge < -0.3 is 15.3 Å². The Morgan fingerprint density at radius 1 is 1.26 bits per heavy atom. The molecule has 9 heteroatoms. The van der Waals surface area contributed by atoms with Crippen LogP contribution in [-0.2, 0) is 20.9 Å². The predicted molar refractivity (Wildman–Crippen MR) is 94.1 cm³/mol. The van der Waals surface area contributed by atoms with Crippen LogP contribution in [-0.4, -0.2) is 70.7 Å². The lowest BCUT2D eigenvalue weighted by molar-refractivity contribution is -0.145. The number of aliphatic hydroxyl groups excluding tert-OH is 1. The van der Waals surface area contributed by atoms with E-state index in [2.05, 4.69) is 10.3 Å². The molecule has 2 aliphatic heterocycles. The molecular formula is C18H21FN4O4. The fraction of sp³-hybridized carbons (Fsp3) is 0.444. The van der Waals surface area contributed by atoms with Gasteiger partial charge in [-0.25, -0.2) is 9.38 Å². The van der Waals surface area contributed by atoms with E-state index in [0.29, 0.717) is 31.5 Å². The maximum Gasteiger partial charge on any atom is 0.299 e. The summed E-state index contributed by atoms with van der Waals surface area (Å²) in [5.74, 6) is -2.50. The Kier molecular flexibility index (Phi) is 5.50. The largest absolute Gasteiger partial charge is 0.393 e. The van der Waals surface area contributed by atoms with Crippen LogP contribution < -0.4 is 5.32 Å². The van der Waals surface area contributed by atoms with E-state index in [9.17, 15) is 23.9 Å². The second-order valence-corrected chi connectivity index (χ2v) is 6.62. The lowest BCUT2D eigenvalue weighted by Crippen LogP contribution is -2.58. The number of carbonyl (C=O) groups is 3. The molecule has 0 radical (unpaired) electrons. The Morgan fingerprint density at radius 2 is 1.89 bits per heavy atom. The van der Waals surface area contributed by atoms with Crippen LogP contribution >= 0.6 is 0 Å². The molecule has 8 nitrogen and oxygen atoms in total. The van der Waals surface area contributed by atoms with Crippen LogP contribution in [0.25, 0.3) is 0 Å². The monoisotopic (exact) mass is 376 g/mol. The molecule has 27 heavy (non-hydrogen) atoms. The number of nitrogens with one attached hydrogen (secondary N) is 1. The van der Waals surface area contributed by atoms with Gasteiger partial charge in [0.15, 0.2) is 6.04 Å². The van der Waals surface area contributed by atoms with Gasteiger partial charge in [0.25, 0.3) is 17.6 Å². The average Bonchev–Trinajstić information content (AvgIpc) is 2.66. The van der Waals surface area contributed by atoms with Gasteiger partial charge in [0.1, 0.15) is 5.82 Å². The number of likely N-dealkylation sites (tertiary alicyclic amines) is 1. The third kappa shape index (κ3) is 4.13. The van der Waals surface area contributed by atoms with Crippen molar-refractivity contribution in [3.8, 4) is 0 Å². The van der Waals surface area contributed by atoms with Gasteiger partial charge in [0.2, 0.25) is 5.96 Å². The van der Waals surface area contributed by atoms with E-state index in [1.54, 1.807) is 4.90 Å². The average molecular weight is 376 g/mol. The quantitative estimate of drug-likeness (QED) is 0.555. The van der Waals surface area contributed by atoms with E-state index >= 15 is 0 Å². The zero-order valence-electron chi connectivity index (χ0n) is 14.9. The van der Waals surface area contributed by atoms with Crippen molar-refractivity contribution >= 4 is 23.6 Å². The molecule has 1 saturated heterocycles. The Labute approximate surface area is 155 Å². The molecular weight excluding hydrogens is 355 g/mol. The molecule has 1 aromatic carbocycles. The van der Waals surface area contributed by atoms with Crippen LogP contribution in [0.4, 0.5) is 4.39 Å². The normalized spacial score (nSPS) is 21.3. The highest BCUT2D eigenvalue weighted by Crippen LogP contribution is 2.16. The third-order valence-electron chi connectivity index (χ3n) is 4.68. The van der Waals surface area contributed by atoms with Crippen LogP contribution in [0.5, 0.6) is 0 Å². The number of aliphatic imine (C=N–C) groups is 1. The summed E-state index contributed by atoms with van der Waals surface area (Å²) in [6.07, 6.45) is 0.648. The van der Waals surface area contributed by atoms with Crippen molar-refractivity contribution in [2.75, 3.05) is 20.1 Å². The van der Waals surface area contributed by atoms with Crippen molar-refractivity contribution in [3.05, 3.63) is 35.6 Å². The van der Waals surface area contributed by atoms with Gasteiger partial charge in [-0.2, -0.15) is 0 Å². The smallest absolute Gasteiger partial charge is 0.299 e. The number of benzene rings is 1. The number of carbonyl (C=O) groups excluding carboxylic acids is 3. The summed E-state index contributed by atoms with van der Waals surface area (Å²) >= 11 is 0. The van der Waals surface area contributed by atoms with Gasteiger partial charge in [-0.05, 0) is 30.5 Å². The number of piperidine rings is 1. The Balaban J connectivity index is 1.73. The number of likely N-dealkylation sites (N-methyl/N-ethyl adjacent to an activating group) is 1. The molecule has 0 aliphatic carbocycles. The highest BCUT2D eigenvalue weighted by atomic mass is 19.1. The lowest BCUT2D eigenvalue weighted by atomic mass is 10.1. The maximum atomic E-state index is 12.9. The van der Waals surface area contributed by atoms with Crippen molar-refractivity contribution in [1.82, 2.24) is 15.1 Å². The lowest BCUT2D eigenvalue weighted by Gasteiger charge is -2.37. The molecule has 0 spiro atoms. The van der Waals surface area contributed by atoms with Crippen LogP contribution in [0.3, 0.4) is 0 Å². The number of Topliss-reactive ketones (excluding diaryl/α,β-unsaturated/α-hetero) is 1. The summed E-state index contributed by atoms with van der Waals surface area (Å²) in [7, 11) is 1.44. The highest BCUT2D eigenvalue weighted by Gasteiger charge is 2.41. The SMILES string of the molecule is CN1C(=O)C(=O)C(C(=O)NCc2ccc(F)cc2)N=C1N1CCC(O)CC1. The van der Waals surface area contributed by atoms with Crippen molar-refractivity contribution in [2.45, 2.75) is 31.5 Å². The molecule has 2 amide bonds. The molecule has 0 bridgehead atoms. The molecule has 1 atom stereocenters. The number of aliphatic hydroxyl groups is 1. The fourth-order valence-corrected chi connectivity index (χ4v) is 3.06. The summed E-state index contributed by atoms with van der Waals surface area (Å²) in [6, 6.07) is 4.13. The fourth-order valence-electron chi connectivity index (χ4n) is 3.06. The Hall–Kier alpha value is -2.81. The van der Waals surface area contributed by atoms with E-state index in [4.69, 9.17) is 0 Å². The first-order valence-electron chi connectivity index (χ1n) is 8.71. The van der Waals surface area contributed by atoms with E-state index in [1.165, 1.54) is 31.3 Å². The maximum absolute atomic E-state index is 12.9. The van der Waals surface area contributed by atoms with Gasteiger partial charge in [-0.3, -0.25) is 19.3 Å². The summed E-state index contributed by atoms with van der Waals surface area (Å²) in [4.78, 5) is 44.1. The van der Waals surface area contributed by atoms with Crippen LogP contribution in [0, 0.1) is 5.82 Å². The molecule has 0 aromatic heterocycles. The van der Waals surface area contributed by atoms with Crippen molar-refractivity contribution in [3.63, 3.8) is 0 Å². The number of ketones is 1. The summed E-state index contributed by atoms with van der Waals surface area (Å²) < 4.78 is 12.9. The van der Waals surface area contributed by atoms with Gasteiger partial charge >= 0.3 is 0 Å².